The van der Waals surface area contributed by atoms with Crippen LogP contribution in [0.25, 0.3) is 0 Å². The summed E-state index contributed by atoms with van der Waals surface area (Å²) in [7, 11) is 0. The predicted molar refractivity (Wildman–Crippen MR) is 41.1 cm³/mol. The maximum Gasteiger partial charge on any atom is 0.309 e. The van der Waals surface area contributed by atoms with Gasteiger partial charge >= 0.3 is 5.97 Å². The Kier molecular flexibility index (Phi) is 4.50. The molecule has 0 saturated carbocycles. The zero-order valence-corrected chi connectivity index (χ0v) is 7.22. The molecule has 0 spiro atoms. The first-order chi connectivity index (χ1) is 5.07. The molecule has 0 radical (unpaired) electrons. The number of carbonyl (C=O) groups is 2. The first kappa shape index (κ1) is 10.1. The topological polar surface area (TPSA) is 43.4 Å². The Bertz CT molecular complexity index is 151. The van der Waals surface area contributed by atoms with Crippen LogP contribution in [-0.4, -0.2) is 18.4 Å². The Morgan fingerprint density at radius 2 is 2.00 bits per heavy atom. The quantitative estimate of drug-likeness (QED) is 0.577. The number of ketones is 1. The first-order valence-electron chi connectivity index (χ1n) is 3.74. The molecule has 3 nitrogen and oxygen atoms in total. The van der Waals surface area contributed by atoms with Crippen LogP contribution in [0.15, 0.2) is 0 Å². The van der Waals surface area contributed by atoms with Crippen LogP contribution < -0.4 is 0 Å². The third-order valence-electron chi connectivity index (χ3n) is 1.28. The smallest absolute Gasteiger partial charge is 0.309 e. The van der Waals surface area contributed by atoms with Crippen LogP contribution >= 0.6 is 0 Å². The minimum Gasteiger partial charge on any atom is -0.466 e. The molecule has 0 fully saturated rings. The zero-order chi connectivity index (χ0) is 8.85. The fraction of sp³-hybridized carbons (Fsp3) is 0.750. The molecule has 0 aliphatic rings. The van der Waals surface area contributed by atoms with Gasteiger partial charge in [0.2, 0.25) is 0 Å². The van der Waals surface area contributed by atoms with E-state index in [0.29, 0.717) is 6.61 Å². The van der Waals surface area contributed by atoms with Gasteiger partial charge in [-0.25, -0.2) is 0 Å². The summed E-state index contributed by atoms with van der Waals surface area (Å²) >= 11 is 0. The molecule has 0 amide bonds. The highest BCUT2D eigenvalue weighted by Crippen LogP contribution is 2.04. The molecule has 0 aliphatic heterocycles. The summed E-state index contributed by atoms with van der Waals surface area (Å²) in [6.45, 7) is 5.29. The van der Waals surface area contributed by atoms with Crippen molar-refractivity contribution in [2.45, 2.75) is 27.2 Å². The summed E-state index contributed by atoms with van der Waals surface area (Å²) in [5.74, 6) is -0.569. The molecular weight excluding hydrogens is 144 g/mol. The van der Waals surface area contributed by atoms with Crippen molar-refractivity contribution in [2.75, 3.05) is 6.61 Å². The second-order valence-corrected chi connectivity index (χ2v) is 2.56. The van der Waals surface area contributed by atoms with Crippen LogP contribution in [0.1, 0.15) is 27.2 Å². The Hall–Kier alpha value is -0.860. The van der Waals surface area contributed by atoms with E-state index in [-0.39, 0.29) is 24.1 Å². The van der Waals surface area contributed by atoms with E-state index in [0.717, 1.165) is 0 Å². The molecule has 3 heteroatoms. The fourth-order valence-corrected chi connectivity index (χ4v) is 0.799. The van der Waals surface area contributed by atoms with Crippen molar-refractivity contribution in [3.8, 4) is 0 Å². The van der Waals surface area contributed by atoms with Crippen molar-refractivity contribution in [1.29, 1.82) is 0 Å². The van der Waals surface area contributed by atoms with Crippen molar-refractivity contribution in [3.63, 3.8) is 0 Å². The van der Waals surface area contributed by atoms with E-state index in [1.807, 2.05) is 0 Å². The average molecular weight is 158 g/mol. The van der Waals surface area contributed by atoms with Gasteiger partial charge in [-0.2, -0.15) is 0 Å². The van der Waals surface area contributed by atoms with E-state index in [1.165, 1.54) is 6.92 Å². The van der Waals surface area contributed by atoms with Gasteiger partial charge in [0.15, 0.2) is 0 Å². The summed E-state index contributed by atoms with van der Waals surface area (Å²) in [6.07, 6.45) is 0.277. The molecule has 0 bridgehead atoms. The van der Waals surface area contributed by atoms with Crippen LogP contribution in [0.2, 0.25) is 0 Å². The van der Waals surface area contributed by atoms with E-state index in [2.05, 4.69) is 0 Å². The molecule has 1 atom stereocenters. The summed E-state index contributed by atoms with van der Waals surface area (Å²) in [5.41, 5.74) is 0. The predicted octanol–water partition coefficient (Wildman–Crippen LogP) is 1.16. The van der Waals surface area contributed by atoms with Gasteiger partial charge in [0.25, 0.3) is 0 Å². The molecule has 0 aliphatic carbocycles. The number of carbonyl (C=O) groups excluding carboxylic acids is 2. The van der Waals surface area contributed by atoms with Gasteiger partial charge in [-0.1, -0.05) is 6.92 Å². The van der Waals surface area contributed by atoms with Crippen molar-refractivity contribution in [1.82, 2.24) is 0 Å². The molecule has 0 rings (SSSR count). The van der Waals surface area contributed by atoms with Crippen molar-refractivity contribution < 1.29 is 14.3 Å². The number of ether oxygens (including phenoxy) is 1. The van der Waals surface area contributed by atoms with Gasteiger partial charge in [-0.05, 0) is 13.8 Å². The Morgan fingerprint density at radius 3 is 2.36 bits per heavy atom. The average Bonchev–Trinajstić information content (AvgIpc) is 1.86. The van der Waals surface area contributed by atoms with Crippen molar-refractivity contribution >= 4 is 11.8 Å². The van der Waals surface area contributed by atoms with Crippen molar-refractivity contribution in [2.24, 2.45) is 5.92 Å². The van der Waals surface area contributed by atoms with Crippen LogP contribution in [-0.2, 0) is 14.3 Å². The molecule has 0 unspecified atom stereocenters. The highest BCUT2D eigenvalue weighted by atomic mass is 16.5. The summed E-state index contributed by atoms with van der Waals surface area (Å²) < 4.78 is 4.71. The molecule has 0 aromatic heterocycles. The molecule has 0 heterocycles. The Balaban J connectivity index is 3.73. The molecule has 64 valence electrons. The van der Waals surface area contributed by atoms with E-state index in [9.17, 15) is 9.59 Å². The minimum atomic E-state index is -0.299. The van der Waals surface area contributed by atoms with Gasteiger partial charge in [0, 0.05) is 6.42 Å². The lowest BCUT2D eigenvalue weighted by molar-refractivity contribution is -0.148. The standard InChI is InChI=1S/C8H14O3/c1-4-11-8(10)6(2)5-7(3)9/h6H,4-5H2,1-3H3/t6-/m1/s1. The zero-order valence-electron chi connectivity index (χ0n) is 7.22. The van der Waals surface area contributed by atoms with E-state index < -0.39 is 0 Å². The summed E-state index contributed by atoms with van der Waals surface area (Å²) in [6, 6.07) is 0. The largest absolute Gasteiger partial charge is 0.466 e. The number of hydrogen-bond donors (Lipinski definition) is 0. The van der Waals surface area contributed by atoms with Crippen LogP contribution in [0, 0.1) is 5.92 Å². The maximum absolute atomic E-state index is 10.9. The second kappa shape index (κ2) is 4.88. The highest BCUT2D eigenvalue weighted by Gasteiger charge is 2.15. The second-order valence-electron chi connectivity index (χ2n) is 2.56. The number of Topliss-reactive ketones (excluding diaryl/α,β-unsaturated/α-hetero) is 1. The summed E-state index contributed by atoms with van der Waals surface area (Å²) in [5, 5.41) is 0. The highest BCUT2D eigenvalue weighted by molar-refractivity contribution is 5.82. The molecular formula is C8H14O3. The lowest BCUT2D eigenvalue weighted by atomic mass is 10.1. The fourth-order valence-electron chi connectivity index (χ4n) is 0.799. The van der Waals surface area contributed by atoms with E-state index in [4.69, 9.17) is 4.74 Å². The minimum absolute atomic E-state index is 0.0190. The Morgan fingerprint density at radius 1 is 1.45 bits per heavy atom. The maximum atomic E-state index is 10.9. The van der Waals surface area contributed by atoms with Gasteiger partial charge in [-0.15, -0.1) is 0 Å². The molecule has 11 heavy (non-hydrogen) atoms. The van der Waals surface area contributed by atoms with Gasteiger partial charge < -0.3 is 9.53 Å². The van der Waals surface area contributed by atoms with Crippen LogP contribution in [0.3, 0.4) is 0 Å². The first-order valence-corrected chi connectivity index (χ1v) is 3.74. The van der Waals surface area contributed by atoms with Gasteiger partial charge in [0.1, 0.15) is 5.78 Å². The molecule has 0 aromatic rings. The Labute approximate surface area is 66.7 Å². The molecule has 0 aromatic carbocycles. The van der Waals surface area contributed by atoms with E-state index in [1.54, 1.807) is 13.8 Å². The SMILES string of the molecule is CCOC(=O)[C@H](C)CC(C)=O. The number of rotatable bonds is 4. The molecule has 0 N–H and O–H groups in total. The third kappa shape index (κ3) is 4.53. The monoisotopic (exact) mass is 158 g/mol. The van der Waals surface area contributed by atoms with Crippen LogP contribution in [0.4, 0.5) is 0 Å². The third-order valence-corrected chi connectivity index (χ3v) is 1.28. The lowest BCUT2D eigenvalue weighted by Gasteiger charge is -2.07. The summed E-state index contributed by atoms with van der Waals surface area (Å²) in [4.78, 5) is 21.5. The lowest BCUT2D eigenvalue weighted by Crippen LogP contribution is -2.16. The van der Waals surface area contributed by atoms with Gasteiger partial charge in [-0.3, -0.25) is 4.79 Å². The van der Waals surface area contributed by atoms with Gasteiger partial charge in [0.05, 0.1) is 12.5 Å². The van der Waals surface area contributed by atoms with Crippen LogP contribution in [0.5, 0.6) is 0 Å². The normalized spacial score (nSPS) is 12.3. The number of esters is 1. The number of hydrogen-bond acceptors (Lipinski definition) is 3. The van der Waals surface area contributed by atoms with E-state index >= 15 is 0 Å². The van der Waals surface area contributed by atoms with Crippen molar-refractivity contribution in [3.05, 3.63) is 0 Å². The molecule has 0 saturated heterocycles.